The molecule has 0 bridgehead atoms. The number of anilines is 1. The van der Waals surface area contributed by atoms with Gasteiger partial charge < -0.3 is 19.9 Å². The van der Waals surface area contributed by atoms with Crippen molar-refractivity contribution < 1.29 is 19.4 Å². The van der Waals surface area contributed by atoms with E-state index in [9.17, 15) is 9.90 Å². The molecular formula is C26H25N3O4S. The summed E-state index contributed by atoms with van der Waals surface area (Å²) in [6.45, 7) is 0.677. The van der Waals surface area contributed by atoms with Crippen LogP contribution in [0.5, 0.6) is 11.5 Å². The van der Waals surface area contributed by atoms with Crippen molar-refractivity contribution >= 4 is 33.2 Å². The fraction of sp³-hybridized carbons (Fsp3) is 0.269. The lowest BCUT2D eigenvalue weighted by molar-refractivity contribution is 0.0680. The Kier molecular flexibility index (Phi) is 6.31. The lowest BCUT2D eigenvalue weighted by Crippen LogP contribution is -2.25. The van der Waals surface area contributed by atoms with Crippen LogP contribution in [0.15, 0.2) is 54.2 Å². The molecule has 0 spiro atoms. The Balaban J connectivity index is 1.31. The first-order valence-electron chi connectivity index (χ1n) is 11.2. The normalized spacial score (nSPS) is 13.4. The molecule has 4 aromatic rings. The second kappa shape index (κ2) is 9.69. The molecule has 0 radical (unpaired) electrons. The van der Waals surface area contributed by atoms with Gasteiger partial charge in [0.25, 0.3) is 0 Å². The minimum atomic E-state index is -0.998. The molecule has 34 heavy (non-hydrogen) atoms. The van der Waals surface area contributed by atoms with E-state index >= 15 is 0 Å². The minimum Gasteiger partial charge on any atom is -0.496 e. The van der Waals surface area contributed by atoms with Crippen LogP contribution in [0.1, 0.15) is 35.2 Å². The molecule has 1 fully saturated rings. The molecule has 1 aliphatic carbocycles. The Hall–Kier alpha value is -3.65. The summed E-state index contributed by atoms with van der Waals surface area (Å²) in [6.07, 6.45) is 5.39. The summed E-state index contributed by atoms with van der Waals surface area (Å²) in [7, 11) is 1.70. The van der Waals surface area contributed by atoms with Gasteiger partial charge in [-0.2, -0.15) is 0 Å². The fourth-order valence-electron chi connectivity index (χ4n) is 3.98. The number of nitrogens with zero attached hydrogens (tertiary/aromatic N) is 2. The number of thiophene rings is 1. The second-order valence-corrected chi connectivity index (χ2v) is 9.22. The lowest BCUT2D eigenvalue weighted by Gasteiger charge is -2.27. The average molecular weight is 476 g/mol. The van der Waals surface area contributed by atoms with E-state index in [1.165, 1.54) is 16.4 Å². The summed E-state index contributed by atoms with van der Waals surface area (Å²) < 4.78 is 12.7. The Labute approximate surface area is 201 Å². The van der Waals surface area contributed by atoms with Crippen LogP contribution in [0.4, 0.5) is 5.82 Å². The van der Waals surface area contributed by atoms with Gasteiger partial charge in [0.05, 0.1) is 18.9 Å². The van der Waals surface area contributed by atoms with Crippen molar-refractivity contribution in [3.8, 4) is 22.8 Å². The van der Waals surface area contributed by atoms with Crippen molar-refractivity contribution in [2.75, 3.05) is 19.0 Å². The van der Waals surface area contributed by atoms with Gasteiger partial charge in [-0.1, -0.05) is 6.07 Å². The van der Waals surface area contributed by atoms with Crippen LogP contribution in [-0.2, 0) is 6.42 Å². The number of hydrogen-bond donors (Lipinski definition) is 2. The molecule has 0 atom stereocenters. The van der Waals surface area contributed by atoms with Gasteiger partial charge in [-0.3, -0.25) is 0 Å². The van der Waals surface area contributed by atoms with Crippen molar-refractivity contribution in [3.05, 3.63) is 65.3 Å². The molecule has 0 amide bonds. The zero-order valence-electron chi connectivity index (χ0n) is 18.8. The smallest absolute Gasteiger partial charge is 0.339 e. The topological polar surface area (TPSA) is 93.6 Å². The molecule has 8 heteroatoms. The predicted octanol–water partition coefficient (Wildman–Crippen LogP) is 5.65. The molecule has 2 N–H and O–H groups in total. The maximum atomic E-state index is 11.6. The highest BCUT2D eigenvalue weighted by Crippen LogP contribution is 2.32. The zero-order valence-corrected chi connectivity index (χ0v) is 19.6. The van der Waals surface area contributed by atoms with Crippen LogP contribution in [0.3, 0.4) is 0 Å². The van der Waals surface area contributed by atoms with E-state index in [1.54, 1.807) is 36.6 Å². The molecule has 7 nitrogen and oxygen atoms in total. The number of benzene rings is 2. The van der Waals surface area contributed by atoms with Crippen LogP contribution < -0.4 is 14.8 Å². The van der Waals surface area contributed by atoms with Gasteiger partial charge in [0.15, 0.2) is 0 Å². The van der Waals surface area contributed by atoms with Crippen molar-refractivity contribution in [2.45, 2.75) is 31.8 Å². The first kappa shape index (κ1) is 22.2. The largest absolute Gasteiger partial charge is 0.496 e. The highest BCUT2D eigenvalue weighted by Gasteiger charge is 2.22. The summed E-state index contributed by atoms with van der Waals surface area (Å²) in [5, 5.41) is 16.2. The molecule has 1 aliphatic rings. The Morgan fingerprint density at radius 2 is 2.03 bits per heavy atom. The number of ether oxygens (including phenoxy) is 2. The highest BCUT2D eigenvalue weighted by molar-refractivity contribution is 7.17. The van der Waals surface area contributed by atoms with Gasteiger partial charge in [-0.15, -0.1) is 11.3 Å². The number of rotatable bonds is 9. The molecule has 2 aromatic carbocycles. The molecule has 0 unspecified atom stereocenters. The number of carbonyl (C=O) groups is 1. The van der Waals surface area contributed by atoms with Crippen LogP contribution in [-0.4, -0.2) is 40.8 Å². The molecule has 1 saturated carbocycles. The highest BCUT2D eigenvalue weighted by atomic mass is 32.1. The molecule has 174 valence electrons. The molecule has 2 aromatic heterocycles. The number of carboxylic acid groups (broad SMARTS) is 1. The number of fused-ring (bicyclic) bond motifs is 1. The van der Waals surface area contributed by atoms with Crippen LogP contribution >= 0.6 is 11.3 Å². The maximum absolute atomic E-state index is 11.6. The third-order valence-electron chi connectivity index (χ3n) is 6.08. The third kappa shape index (κ3) is 4.68. The van der Waals surface area contributed by atoms with E-state index < -0.39 is 5.97 Å². The van der Waals surface area contributed by atoms with Crippen molar-refractivity contribution in [1.82, 2.24) is 9.97 Å². The first-order chi connectivity index (χ1) is 16.6. The van der Waals surface area contributed by atoms with E-state index in [4.69, 9.17) is 9.47 Å². The summed E-state index contributed by atoms with van der Waals surface area (Å²) >= 11 is 1.70. The van der Waals surface area contributed by atoms with Gasteiger partial charge in [0, 0.05) is 22.9 Å². The molecule has 0 saturated heterocycles. The molecule has 0 aliphatic heterocycles. The van der Waals surface area contributed by atoms with Gasteiger partial charge in [-0.25, -0.2) is 14.8 Å². The number of methoxy groups -OCH3 is 1. The lowest BCUT2D eigenvalue weighted by atomic mass is 9.96. The predicted molar refractivity (Wildman–Crippen MR) is 133 cm³/mol. The zero-order chi connectivity index (χ0) is 23.5. The van der Waals surface area contributed by atoms with Crippen LogP contribution in [0, 0.1) is 0 Å². The van der Waals surface area contributed by atoms with E-state index in [0.717, 1.165) is 42.6 Å². The molecular weight excluding hydrogens is 450 g/mol. The summed E-state index contributed by atoms with van der Waals surface area (Å²) in [4.78, 5) is 20.4. The van der Waals surface area contributed by atoms with E-state index in [1.807, 2.05) is 6.07 Å². The Morgan fingerprint density at radius 1 is 1.15 bits per heavy atom. The van der Waals surface area contributed by atoms with E-state index in [2.05, 4.69) is 38.9 Å². The van der Waals surface area contributed by atoms with Gasteiger partial charge >= 0.3 is 5.97 Å². The van der Waals surface area contributed by atoms with Gasteiger partial charge in [0.1, 0.15) is 29.2 Å². The molecule has 5 rings (SSSR count). The van der Waals surface area contributed by atoms with E-state index in [0.29, 0.717) is 23.8 Å². The third-order valence-corrected chi connectivity index (χ3v) is 6.96. The van der Waals surface area contributed by atoms with Crippen molar-refractivity contribution in [3.63, 3.8) is 0 Å². The Bertz CT molecular complexity index is 1330. The number of carboxylic acids is 1. The monoisotopic (exact) mass is 475 g/mol. The second-order valence-electron chi connectivity index (χ2n) is 8.27. The fourth-order valence-corrected chi connectivity index (χ4v) is 4.78. The van der Waals surface area contributed by atoms with Crippen LogP contribution in [0.25, 0.3) is 21.3 Å². The van der Waals surface area contributed by atoms with Crippen LogP contribution in [0.2, 0.25) is 0 Å². The summed E-state index contributed by atoms with van der Waals surface area (Å²) in [5.74, 6) is 0.975. The Morgan fingerprint density at radius 3 is 2.79 bits per heavy atom. The quantitative estimate of drug-likeness (QED) is 0.323. The number of nitrogens with one attached hydrogen (secondary N) is 1. The number of aromatic carboxylic acids is 1. The van der Waals surface area contributed by atoms with Crippen molar-refractivity contribution in [1.29, 1.82) is 0 Å². The molecule has 2 heterocycles. The summed E-state index contributed by atoms with van der Waals surface area (Å²) in [6, 6.07) is 13.3. The van der Waals surface area contributed by atoms with Crippen molar-refractivity contribution in [2.24, 2.45) is 0 Å². The van der Waals surface area contributed by atoms with Gasteiger partial charge in [-0.05, 0) is 72.3 Å². The average Bonchev–Trinajstić information content (AvgIpc) is 3.28. The SMILES string of the molecule is COc1cc2sccc2cc1CCNc1cc(-c2ccc(C(=O)O)c(OC3CCC3)c2)ncn1. The standard InChI is InChI=1S/C26H25N3O4S/c1-32-22-14-24-18(8-10-34-24)11-17(22)7-9-27-25-13-21(28-15-29-25)16-5-6-20(26(30)31)23(12-16)33-19-3-2-4-19/h5-6,8,10-15,19H,2-4,7,9H2,1H3,(H,30,31)(H,27,28,29). The first-order valence-corrected chi connectivity index (χ1v) is 12.1. The number of hydrogen-bond acceptors (Lipinski definition) is 7. The van der Waals surface area contributed by atoms with E-state index in [-0.39, 0.29) is 11.7 Å². The minimum absolute atomic E-state index is 0.0845. The summed E-state index contributed by atoms with van der Waals surface area (Å²) in [5.41, 5.74) is 2.79. The number of aromatic nitrogens is 2. The van der Waals surface area contributed by atoms with Gasteiger partial charge in [0.2, 0.25) is 0 Å². The maximum Gasteiger partial charge on any atom is 0.339 e.